The minimum Gasteiger partial charge on any atom is -0.492 e. The van der Waals surface area contributed by atoms with Crippen molar-refractivity contribution in [2.45, 2.75) is 38.1 Å². The first-order chi connectivity index (χ1) is 10.7. The molecule has 1 atom stereocenters. The number of nitrogens with one attached hydrogen (secondary N) is 2. The number of ether oxygens (including phenoxy) is 1. The summed E-state index contributed by atoms with van der Waals surface area (Å²) in [7, 11) is -0.683. The van der Waals surface area contributed by atoms with E-state index in [4.69, 9.17) is 4.74 Å². The zero-order valence-corrected chi connectivity index (χ0v) is 15.0. The Kier molecular flexibility index (Phi) is 6.83. The molecule has 23 heavy (non-hydrogen) atoms. The van der Waals surface area contributed by atoms with Gasteiger partial charge in [-0.05, 0) is 38.5 Å². The standard InChI is InChI=1S/C15H25N3O4S/c1-6-11(3)16-15(19)17-13-10-12(23(20,21)18(4)5)8-9-14(13)22-7-2/h8-11H,6-7H2,1-5H3,(H2,16,17,19)/t11-/m1/s1. The number of rotatable bonds is 7. The van der Waals surface area contributed by atoms with E-state index in [9.17, 15) is 13.2 Å². The number of anilines is 1. The van der Waals surface area contributed by atoms with Gasteiger partial charge in [0.1, 0.15) is 5.75 Å². The molecule has 0 saturated carbocycles. The molecule has 8 heteroatoms. The number of urea groups is 1. The first kappa shape index (κ1) is 19.2. The summed E-state index contributed by atoms with van der Waals surface area (Å²) in [6.07, 6.45) is 0.792. The van der Waals surface area contributed by atoms with Crippen molar-refractivity contribution in [1.29, 1.82) is 0 Å². The average molecular weight is 343 g/mol. The zero-order chi connectivity index (χ0) is 17.6. The third-order valence-corrected chi connectivity index (χ3v) is 5.08. The van der Waals surface area contributed by atoms with Crippen molar-refractivity contribution in [2.75, 3.05) is 26.0 Å². The van der Waals surface area contributed by atoms with E-state index in [1.807, 2.05) is 20.8 Å². The van der Waals surface area contributed by atoms with Crippen molar-refractivity contribution in [3.8, 4) is 5.75 Å². The highest BCUT2D eigenvalue weighted by atomic mass is 32.2. The van der Waals surface area contributed by atoms with E-state index in [2.05, 4.69) is 10.6 Å². The quantitative estimate of drug-likeness (QED) is 0.795. The molecule has 130 valence electrons. The topological polar surface area (TPSA) is 87.7 Å². The van der Waals surface area contributed by atoms with Gasteiger partial charge in [-0.2, -0.15) is 0 Å². The number of benzene rings is 1. The highest BCUT2D eigenvalue weighted by Crippen LogP contribution is 2.28. The Labute approximate surface area is 138 Å². The number of hydrogen-bond acceptors (Lipinski definition) is 4. The van der Waals surface area contributed by atoms with Crippen LogP contribution in [0.3, 0.4) is 0 Å². The number of hydrogen-bond donors (Lipinski definition) is 2. The summed E-state index contributed by atoms with van der Waals surface area (Å²) in [5.41, 5.74) is 0.315. The highest BCUT2D eigenvalue weighted by Gasteiger charge is 2.20. The van der Waals surface area contributed by atoms with Crippen LogP contribution in [0.15, 0.2) is 23.1 Å². The molecule has 1 aromatic rings. The lowest BCUT2D eigenvalue weighted by Gasteiger charge is -2.17. The summed E-state index contributed by atoms with van der Waals surface area (Å²) in [6.45, 7) is 6.06. The van der Waals surface area contributed by atoms with Crippen LogP contribution < -0.4 is 15.4 Å². The Morgan fingerprint density at radius 2 is 1.96 bits per heavy atom. The summed E-state index contributed by atoms with van der Waals surface area (Å²) in [5, 5.41) is 5.42. The first-order valence-electron chi connectivity index (χ1n) is 7.49. The number of carbonyl (C=O) groups is 1. The molecule has 0 aliphatic heterocycles. The maximum absolute atomic E-state index is 12.2. The van der Waals surface area contributed by atoms with Gasteiger partial charge in [0, 0.05) is 20.1 Å². The van der Waals surface area contributed by atoms with Crippen LogP contribution in [-0.4, -0.2) is 45.5 Å². The molecule has 1 rings (SSSR count). The van der Waals surface area contributed by atoms with Crippen LogP contribution in [0.5, 0.6) is 5.75 Å². The van der Waals surface area contributed by atoms with Gasteiger partial charge < -0.3 is 15.4 Å². The smallest absolute Gasteiger partial charge is 0.319 e. The van der Waals surface area contributed by atoms with Gasteiger partial charge in [0.05, 0.1) is 17.2 Å². The van der Waals surface area contributed by atoms with Gasteiger partial charge in [0.2, 0.25) is 10.0 Å². The Balaban J connectivity index is 3.14. The normalized spacial score (nSPS) is 12.8. The Hall–Kier alpha value is -1.80. The fourth-order valence-corrected chi connectivity index (χ4v) is 2.67. The molecule has 7 nitrogen and oxygen atoms in total. The fraction of sp³-hybridized carbons (Fsp3) is 0.533. The molecule has 0 unspecified atom stereocenters. The maximum atomic E-state index is 12.2. The fourth-order valence-electron chi connectivity index (χ4n) is 1.74. The molecule has 0 bridgehead atoms. The maximum Gasteiger partial charge on any atom is 0.319 e. The predicted octanol–water partition coefficient (Wildman–Crippen LogP) is 2.26. The lowest BCUT2D eigenvalue weighted by Crippen LogP contribution is -2.35. The molecule has 0 aromatic heterocycles. The molecule has 0 radical (unpaired) electrons. The van der Waals surface area contributed by atoms with Gasteiger partial charge in [-0.25, -0.2) is 17.5 Å². The molecular weight excluding hydrogens is 318 g/mol. The van der Waals surface area contributed by atoms with Crippen LogP contribution in [0.1, 0.15) is 27.2 Å². The summed E-state index contributed by atoms with van der Waals surface area (Å²) in [5.74, 6) is 0.421. The molecule has 0 aliphatic carbocycles. The van der Waals surface area contributed by atoms with E-state index in [-0.39, 0.29) is 10.9 Å². The zero-order valence-electron chi connectivity index (χ0n) is 14.2. The van der Waals surface area contributed by atoms with Crippen molar-refractivity contribution in [1.82, 2.24) is 9.62 Å². The van der Waals surface area contributed by atoms with Gasteiger partial charge in [-0.15, -0.1) is 0 Å². The van der Waals surface area contributed by atoms with Gasteiger partial charge in [-0.3, -0.25) is 0 Å². The summed E-state index contributed by atoms with van der Waals surface area (Å²) in [4.78, 5) is 12.1. The molecule has 0 heterocycles. The lowest BCUT2D eigenvalue weighted by molar-refractivity contribution is 0.248. The second-order valence-electron chi connectivity index (χ2n) is 5.29. The lowest BCUT2D eigenvalue weighted by atomic mass is 10.2. The highest BCUT2D eigenvalue weighted by molar-refractivity contribution is 7.89. The van der Waals surface area contributed by atoms with Crippen LogP contribution in [-0.2, 0) is 10.0 Å². The van der Waals surface area contributed by atoms with Crippen LogP contribution in [0.25, 0.3) is 0 Å². The van der Waals surface area contributed by atoms with Crippen molar-refractivity contribution in [3.63, 3.8) is 0 Å². The molecule has 1 aromatic carbocycles. The van der Waals surface area contributed by atoms with E-state index >= 15 is 0 Å². The van der Waals surface area contributed by atoms with Crippen molar-refractivity contribution in [2.24, 2.45) is 0 Å². The Morgan fingerprint density at radius 1 is 1.30 bits per heavy atom. The number of nitrogens with zero attached hydrogens (tertiary/aromatic N) is 1. The largest absolute Gasteiger partial charge is 0.492 e. The molecule has 2 N–H and O–H groups in total. The van der Waals surface area contributed by atoms with Crippen LogP contribution in [0, 0.1) is 0 Å². The molecule has 0 saturated heterocycles. The SMILES string of the molecule is CCOc1ccc(S(=O)(=O)N(C)C)cc1NC(=O)N[C@H](C)CC. The third-order valence-electron chi connectivity index (χ3n) is 3.27. The Bertz CT molecular complexity index is 644. The minimum absolute atomic E-state index is 0.0132. The predicted molar refractivity (Wildman–Crippen MR) is 90.4 cm³/mol. The Morgan fingerprint density at radius 3 is 2.48 bits per heavy atom. The summed E-state index contributed by atoms with van der Waals surface area (Å²) < 4.78 is 31.0. The van der Waals surface area contributed by atoms with Crippen molar-refractivity contribution < 1.29 is 17.9 Å². The van der Waals surface area contributed by atoms with E-state index in [0.29, 0.717) is 18.0 Å². The molecule has 0 spiro atoms. The molecule has 0 aliphatic rings. The van der Waals surface area contributed by atoms with Gasteiger partial charge in [-0.1, -0.05) is 6.92 Å². The average Bonchev–Trinajstić information content (AvgIpc) is 2.48. The van der Waals surface area contributed by atoms with Crippen LogP contribution in [0.2, 0.25) is 0 Å². The minimum atomic E-state index is -3.59. The summed E-state index contributed by atoms with van der Waals surface area (Å²) in [6, 6.07) is 4.01. The molecular formula is C15H25N3O4S. The number of sulfonamides is 1. The van der Waals surface area contributed by atoms with E-state index in [0.717, 1.165) is 10.7 Å². The summed E-state index contributed by atoms with van der Waals surface area (Å²) >= 11 is 0. The number of carbonyl (C=O) groups excluding carboxylic acids is 1. The van der Waals surface area contributed by atoms with E-state index in [1.54, 1.807) is 6.07 Å². The van der Waals surface area contributed by atoms with E-state index in [1.165, 1.54) is 26.2 Å². The van der Waals surface area contributed by atoms with E-state index < -0.39 is 16.1 Å². The molecule has 0 fully saturated rings. The number of amides is 2. The van der Waals surface area contributed by atoms with Crippen LogP contribution in [0.4, 0.5) is 10.5 Å². The second-order valence-corrected chi connectivity index (χ2v) is 7.44. The molecule has 2 amide bonds. The monoisotopic (exact) mass is 343 g/mol. The van der Waals surface area contributed by atoms with Crippen molar-refractivity contribution >= 4 is 21.7 Å². The van der Waals surface area contributed by atoms with Crippen LogP contribution >= 0.6 is 0 Å². The van der Waals surface area contributed by atoms with Gasteiger partial charge in [0.15, 0.2) is 0 Å². The van der Waals surface area contributed by atoms with Gasteiger partial charge in [0.25, 0.3) is 0 Å². The first-order valence-corrected chi connectivity index (χ1v) is 8.93. The van der Waals surface area contributed by atoms with Gasteiger partial charge >= 0.3 is 6.03 Å². The third kappa shape index (κ3) is 5.11. The van der Waals surface area contributed by atoms with Crippen molar-refractivity contribution in [3.05, 3.63) is 18.2 Å². The second kappa shape index (κ2) is 8.16.